The molecule has 0 spiro atoms. The molecule has 0 bridgehead atoms. The van der Waals surface area contributed by atoms with Crippen LogP contribution in [0.2, 0.25) is 0 Å². The molecule has 1 aliphatic heterocycles. The Hall–Kier alpha value is -0.900. The second-order valence-corrected chi connectivity index (χ2v) is 4.25. The molecule has 2 rings (SSSR count). The smallest absolute Gasteiger partial charge is 0.0866 e. The Labute approximate surface area is 96.5 Å². The lowest BCUT2D eigenvalue weighted by atomic mass is 9.94. The first-order chi connectivity index (χ1) is 7.85. The number of ether oxygens (including phenoxy) is 2. The van der Waals surface area contributed by atoms with Crippen molar-refractivity contribution in [2.45, 2.75) is 19.1 Å². The Morgan fingerprint density at radius 2 is 2.38 bits per heavy atom. The minimum absolute atomic E-state index is 0.168. The molecule has 1 aliphatic rings. The lowest BCUT2D eigenvalue weighted by molar-refractivity contribution is 0.0922. The summed E-state index contributed by atoms with van der Waals surface area (Å²) in [5.41, 5.74) is 8.16. The van der Waals surface area contributed by atoms with Gasteiger partial charge in [0.2, 0.25) is 0 Å². The third kappa shape index (κ3) is 2.43. The molecule has 1 saturated heterocycles. The minimum Gasteiger partial charge on any atom is -0.380 e. The van der Waals surface area contributed by atoms with Gasteiger partial charge in [-0.05, 0) is 24.1 Å². The lowest BCUT2D eigenvalue weighted by Crippen LogP contribution is -2.17. The Balaban J connectivity index is 2.16. The summed E-state index contributed by atoms with van der Waals surface area (Å²) in [6.45, 7) is 2.16. The van der Waals surface area contributed by atoms with E-state index in [1.165, 1.54) is 11.1 Å². The van der Waals surface area contributed by atoms with Crippen molar-refractivity contribution < 1.29 is 9.47 Å². The Morgan fingerprint density at radius 1 is 1.50 bits per heavy atom. The van der Waals surface area contributed by atoms with Gasteiger partial charge in [-0.2, -0.15) is 0 Å². The molecule has 0 amide bonds. The maximum atomic E-state index is 5.75. The topological polar surface area (TPSA) is 44.5 Å². The highest BCUT2D eigenvalue weighted by atomic mass is 16.5. The van der Waals surface area contributed by atoms with E-state index in [2.05, 4.69) is 24.3 Å². The van der Waals surface area contributed by atoms with E-state index in [1.807, 2.05) is 0 Å². The maximum Gasteiger partial charge on any atom is 0.0866 e. The molecule has 1 aromatic rings. The third-order valence-corrected chi connectivity index (χ3v) is 3.11. The van der Waals surface area contributed by atoms with E-state index in [0.29, 0.717) is 19.1 Å². The predicted molar refractivity (Wildman–Crippen MR) is 63.0 cm³/mol. The molecule has 0 saturated carbocycles. The van der Waals surface area contributed by atoms with Crippen molar-refractivity contribution in [3.05, 3.63) is 35.4 Å². The largest absolute Gasteiger partial charge is 0.380 e. The summed E-state index contributed by atoms with van der Waals surface area (Å²) in [4.78, 5) is 0. The Kier molecular flexibility index (Phi) is 3.93. The summed E-state index contributed by atoms with van der Waals surface area (Å²) < 4.78 is 10.9. The first kappa shape index (κ1) is 11.6. The van der Waals surface area contributed by atoms with E-state index in [1.54, 1.807) is 7.11 Å². The number of hydrogen-bond donors (Lipinski definition) is 1. The van der Waals surface area contributed by atoms with Crippen molar-refractivity contribution in [1.82, 2.24) is 0 Å². The van der Waals surface area contributed by atoms with Crippen LogP contribution in [0, 0.1) is 5.92 Å². The number of benzene rings is 1. The highest BCUT2D eigenvalue weighted by Gasteiger charge is 2.28. The molecular formula is C13H19NO2. The summed E-state index contributed by atoms with van der Waals surface area (Å²) in [7, 11) is 1.71. The van der Waals surface area contributed by atoms with E-state index < -0.39 is 0 Å². The molecular weight excluding hydrogens is 202 g/mol. The van der Waals surface area contributed by atoms with Crippen LogP contribution in [0.5, 0.6) is 0 Å². The summed E-state index contributed by atoms with van der Waals surface area (Å²) >= 11 is 0. The van der Waals surface area contributed by atoms with E-state index in [-0.39, 0.29) is 6.10 Å². The van der Waals surface area contributed by atoms with E-state index in [0.717, 1.165) is 13.0 Å². The highest BCUT2D eigenvalue weighted by Crippen LogP contribution is 2.34. The van der Waals surface area contributed by atoms with Gasteiger partial charge in [-0.25, -0.2) is 0 Å². The quantitative estimate of drug-likeness (QED) is 0.844. The second-order valence-electron chi connectivity index (χ2n) is 4.25. The lowest BCUT2D eigenvalue weighted by Gasteiger charge is -2.17. The zero-order chi connectivity index (χ0) is 11.4. The van der Waals surface area contributed by atoms with Crippen molar-refractivity contribution >= 4 is 0 Å². The van der Waals surface area contributed by atoms with Crippen LogP contribution in [-0.4, -0.2) is 20.3 Å². The molecule has 2 atom stereocenters. The van der Waals surface area contributed by atoms with Crippen LogP contribution in [0.25, 0.3) is 0 Å². The molecule has 2 N–H and O–H groups in total. The minimum atomic E-state index is 0.168. The van der Waals surface area contributed by atoms with Gasteiger partial charge in [0, 0.05) is 19.6 Å². The van der Waals surface area contributed by atoms with Crippen LogP contribution < -0.4 is 5.73 Å². The van der Waals surface area contributed by atoms with Gasteiger partial charge in [-0.15, -0.1) is 0 Å². The number of nitrogens with two attached hydrogens (primary N) is 1. The zero-order valence-electron chi connectivity index (χ0n) is 9.69. The summed E-state index contributed by atoms with van der Waals surface area (Å²) in [5.74, 6) is 0.456. The molecule has 1 heterocycles. The highest BCUT2D eigenvalue weighted by molar-refractivity contribution is 5.26. The number of hydrogen-bond acceptors (Lipinski definition) is 3. The average Bonchev–Trinajstić information content (AvgIpc) is 2.78. The third-order valence-electron chi connectivity index (χ3n) is 3.11. The fourth-order valence-electron chi connectivity index (χ4n) is 2.27. The molecule has 1 aromatic carbocycles. The van der Waals surface area contributed by atoms with Crippen molar-refractivity contribution in [3.63, 3.8) is 0 Å². The van der Waals surface area contributed by atoms with Gasteiger partial charge in [0.25, 0.3) is 0 Å². The summed E-state index contributed by atoms with van der Waals surface area (Å²) in [5, 5.41) is 0. The van der Waals surface area contributed by atoms with Crippen LogP contribution in [0.15, 0.2) is 24.3 Å². The maximum absolute atomic E-state index is 5.75. The standard InChI is InChI=1S/C13H19NO2/c1-15-9-10-3-2-4-11(7-10)13-12(8-14)5-6-16-13/h2-4,7,12-13H,5-6,8-9,14H2,1H3. The average molecular weight is 221 g/mol. The number of methoxy groups -OCH3 is 1. The van der Waals surface area contributed by atoms with Crippen LogP contribution in [0.3, 0.4) is 0 Å². The molecule has 3 heteroatoms. The predicted octanol–water partition coefficient (Wildman–Crippen LogP) is 1.87. The van der Waals surface area contributed by atoms with Crippen LogP contribution in [0.1, 0.15) is 23.7 Å². The van der Waals surface area contributed by atoms with Gasteiger partial charge < -0.3 is 15.2 Å². The van der Waals surface area contributed by atoms with Crippen LogP contribution >= 0.6 is 0 Å². The van der Waals surface area contributed by atoms with Gasteiger partial charge in [0.15, 0.2) is 0 Å². The molecule has 16 heavy (non-hydrogen) atoms. The van der Waals surface area contributed by atoms with Crippen molar-refractivity contribution in [2.75, 3.05) is 20.3 Å². The summed E-state index contributed by atoms with van der Waals surface area (Å²) in [6, 6.07) is 8.39. The molecule has 88 valence electrons. The fourth-order valence-corrected chi connectivity index (χ4v) is 2.27. The fraction of sp³-hybridized carbons (Fsp3) is 0.538. The van der Waals surface area contributed by atoms with Crippen LogP contribution in [-0.2, 0) is 16.1 Å². The SMILES string of the molecule is COCc1cccc(C2OCCC2CN)c1. The number of rotatable bonds is 4. The zero-order valence-corrected chi connectivity index (χ0v) is 9.69. The van der Waals surface area contributed by atoms with E-state index >= 15 is 0 Å². The molecule has 0 radical (unpaired) electrons. The van der Waals surface area contributed by atoms with Gasteiger partial charge >= 0.3 is 0 Å². The van der Waals surface area contributed by atoms with Crippen LogP contribution in [0.4, 0.5) is 0 Å². The van der Waals surface area contributed by atoms with Gasteiger partial charge in [-0.3, -0.25) is 0 Å². The second kappa shape index (κ2) is 5.43. The Morgan fingerprint density at radius 3 is 3.12 bits per heavy atom. The monoisotopic (exact) mass is 221 g/mol. The van der Waals surface area contributed by atoms with Gasteiger partial charge in [-0.1, -0.05) is 24.3 Å². The molecule has 2 unspecified atom stereocenters. The van der Waals surface area contributed by atoms with Gasteiger partial charge in [0.1, 0.15) is 0 Å². The van der Waals surface area contributed by atoms with E-state index in [4.69, 9.17) is 15.2 Å². The Bertz CT molecular complexity index is 340. The van der Waals surface area contributed by atoms with Crippen molar-refractivity contribution in [2.24, 2.45) is 11.7 Å². The molecule has 1 fully saturated rings. The van der Waals surface area contributed by atoms with Crippen molar-refractivity contribution in [1.29, 1.82) is 0 Å². The molecule has 0 aliphatic carbocycles. The van der Waals surface area contributed by atoms with E-state index in [9.17, 15) is 0 Å². The molecule has 0 aromatic heterocycles. The molecule has 3 nitrogen and oxygen atoms in total. The summed E-state index contributed by atoms with van der Waals surface area (Å²) in [6.07, 6.45) is 1.23. The van der Waals surface area contributed by atoms with Crippen molar-refractivity contribution in [3.8, 4) is 0 Å². The van der Waals surface area contributed by atoms with Gasteiger partial charge in [0.05, 0.1) is 12.7 Å². The first-order valence-electron chi connectivity index (χ1n) is 5.74. The first-order valence-corrected chi connectivity index (χ1v) is 5.74. The normalized spacial score (nSPS) is 24.9.